The van der Waals surface area contributed by atoms with Crippen LogP contribution in [-0.2, 0) is 23.9 Å². The van der Waals surface area contributed by atoms with Gasteiger partial charge in [-0.15, -0.1) is 11.3 Å². The monoisotopic (exact) mass is 533 g/mol. The van der Waals surface area contributed by atoms with Crippen molar-refractivity contribution in [1.29, 1.82) is 0 Å². The summed E-state index contributed by atoms with van der Waals surface area (Å²) in [6.45, 7) is 8.88. The van der Waals surface area contributed by atoms with Crippen LogP contribution in [0, 0.1) is 24.2 Å². The Kier molecular flexibility index (Phi) is 9.83. The maximum Gasteiger partial charge on any atom is 0.310 e. The fourth-order valence-corrected chi connectivity index (χ4v) is 5.79. The second-order valence-electron chi connectivity index (χ2n) is 10.7. The SMILES string of the molecule is C/C(=C\c1csc(C)n1)[C@@H]1C/C=C(/CO)CCC[C@H](C)[C@H](O)[C@@H](C)C(=O)[C@]2(C)CC(=O)O[C@H]2CC(=O)O1. The molecule has 0 aromatic carbocycles. The number of ketones is 1. The average Bonchev–Trinajstić information content (AvgIpc) is 3.39. The highest BCUT2D eigenvalue weighted by molar-refractivity contribution is 7.09. The molecule has 2 aliphatic rings. The smallest absolute Gasteiger partial charge is 0.310 e. The summed E-state index contributed by atoms with van der Waals surface area (Å²) < 4.78 is 11.3. The van der Waals surface area contributed by atoms with E-state index in [1.54, 1.807) is 13.8 Å². The van der Waals surface area contributed by atoms with Crippen molar-refractivity contribution in [2.75, 3.05) is 6.61 Å². The van der Waals surface area contributed by atoms with Crippen LogP contribution in [0.25, 0.3) is 6.08 Å². The Labute approximate surface area is 222 Å². The summed E-state index contributed by atoms with van der Waals surface area (Å²) >= 11 is 1.53. The Balaban J connectivity index is 1.94. The van der Waals surface area contributed by atoms with Gasteiger partial charge in [0.1, 0.15) is 18.0 Å². The molecule has 1 fully saturated rings. The highest BCUT2D eigenvalue weighted by Crippen LogP contribution is 2.41. The van der Waals surface area contributed by atoms with Gasteiger partial charge in [-0.25, -0.2) is 4.98 Å². The Morgan fingerprint density at radius 2 is 1.97 bits per heavy atom. The van der Waals surface area contributed by atoms with E-state index >= 15 is 0 Å². The van der Waals surface area contributed by atoms with Gasteiger partial charge in [-0.1, -0.05) is 19.9 Å². The van der Waals surface area contributed by atoms with E-state index in [0.29, 0.717) is 19.3 Å². The number of carbonyl (C=O) groups excluding carboxylic acids is 3. The molecule has 0 unspecified atom stereocenters. The number of cyclic esters (lactones) is 1. The molecule has 2 N–H and O–H groups in total. The molecule has 0 radical (unpaired) electrons. The predicted octanol–water partition coefficient (Wildman–Crippen LogP) is 4.17. The van der Waals surface area contributed by atoms with Crippen molar-refractivity contribution in [3.8, 4) is 0 Å². The molecule has 0 saturated carbocycles. The minimum absolute atomic E-state index is 0.114. The van der Waals surface area contributed by atoms with Gasteiger partial charge in [-0.2, -0.15) is 0 Å². The van der Waals surface area contributed by atoms with E-state index in [0.717, 1.165) is 28.3 Å². The van der Waals surface area contributed by atoms with E-state index in [4.69, 9.17) is 9.47 Å². The molecule has 0 aliphatic carbocycles. The van der Waals surface area contributed by atoms with Crippen LogP contribution in [-0.4, -0.2) is 57.8 Å². The number of Topliss-reactive ketones (excluding diaryl/α,β-unsaturated/α-hetero) is 1. The number of thiazole rings is 1. The van der Waals surface area contributed by atoms with Crippen LogP contribution >= 0.6 is 11.3 Å². The first kappa shape index (κ1) is 29.2. The molecule has 9 heteroatoms. The normalized spacial score (nSPS) is 34.4. The second kappa shape index (κ2) is 12.5. The van der Waals surface area contributed by atoms with Crippen LogP contribution in [0.5, 0.6) is 0 Å². The van der Waals surface area contributed by atoms with Gasteiger partial charge in [0.25, 0.3) is 0 Å². The zero-order valence-corrected chi connectivity index (χ0v) is 23.2. The Bertz CT molecular complexity index is 1060. The number of aryl methyl sites for hydroxylation is 1. The third kappa shape index (κ3) is 7.15. The van der Waals surface area contributed by atoms with Crippen molar-refractivity contribution in [2.24, 2.45) is 17.3 Å². The van der Waals surface area contributed by atoms with Crippen molar-refractivity contribution in [2.45, 2.75) is 91.5 Å². The van der Waals surface area contributed by atoms with E-state index in [1.807, 2.05) is 38.3 Å². The third-order valence-corrected chi connectivity index (χ3v) is 8.49. The summed E-state index contributed by atoms with van der Waals surface area (Å²) in [4.78, 5) is 43.4. The molecule has 3 rings (SSSR count). The van der Waals surface area contributed by atoms with Gasteiger partial charge in [0, 0.05) is 17.7 Å². The lowest BCUT2D eigenvalue weighted by atomic mass is 9.71. The Morgan fingerprint density at radius 3 is 2.62 bits per heavy atom. The lowest BCUT2D eigenvalue weighted by Gasteiger charge is -2.33. The summed E-state index contributed by atoms with van der Waals surface area (Å²) in [5, 5.41) is 23.7. The minimum atomic E-state index is -1.23. The van der Waals surface area contributed by atoms with Gasteiger partial charge in [-0.05, 0) is 63.2 Å². The number of ether oxygens (including phenoxy) is 2. The second-order valence-corrected chi connectivity index (χ2v) is 11.8. The molecule has 204 valence electrons. The first-order valence-electron chi connectivity index (χ1n) is 12.9. The van der Waals surface area contributed by atoms with Crippen LogP contribution in [0.1, 0.15) is 76.9 Å². The summed E-state index contributed by atoms with van der Waals surface area (Å²) in [6.07, 6.45) is 3.31. The van der Waals surface area contributed by atoms with Crippen molar-refractivity contribution in [3.63, 3.8) is 0 Å². The summed E-state index contributed by atoms with van der Waals surface area (Å²) in [5.74, 6) is -2.29. The molecule has 1 aromatic heterocycles. The van der Waals surface area contributed by atoms with Crippen LogP contribution in [0.3, 0.4) is 0 Å². The van der Waals surface area contributed by atoms with Crippen LogP contribution in [0.4, 0.5) is 0 Å². The first-order chi connectivity index (χ1) is 17.4. The number of aliphatic hydroxyl groups is 2. The van der Waals surface area contributed by atoms with E-state index in [-0.39, 0.29) is 31.1 Å². The number of hydrogen-bond donors (Lipinski definition) is 2. The number of carbonyl (C=O) groups is 3. The number of nitrogens with zero attached hydrogens (tertiary/aromatic N) is 1. The van der Waals surface area contributed by atoms with Gasteiger partial charge in [0.05, 0.1) is 41.7 Å². The van der Waals surface area contributed by atoms with Crippen molar-refractivity contribution in [3.05, 3.63) is 33.3 Å². The number of hydrogen-bond acceptors (Lipinski definition) is 9. The van der Waals surface area contributed by atoms with Gasteiger partial charge in [0.2, 0.25) is 0 Å². The number of fused-ring (bicyclic) bond motifs is 1. The third-order valence-electron chi connectivity index (χ3n) is 7.69. The molecule has 37 heavy (non-hydrogen) atoms. The molecule has 1 aromatic rings. The van der Waals surface area contributed by atoms with E-state index in [2.05, 4.69) is 4.98 Å². The van der Waals surface area contributed by atoms with Gasteiger partial charge >= 0.3 is 11.9 Å². The molecule has 2 aliphatic heterocycles. The lowest BCUT2D eigenvalue weighted by Crippen LogP contribution is -2.45. The molecule has 8 nitrogen and oxygen atoms in total. The zero-order valence-electron chi connectivity index (χ0n) is 22.4. The molecular weight excluding hydrogens is 494 g/mol. The molecule has 0 amide bonds. The Hall–Kier alpha value is -2.36. The average molecular weight is 534 g/mol. The molecule has 0 bridgehead atoms. The maximum absolute atomic E-state index is 13.5. The van der Waals surface area contributed by atoms with Crippen molar-refractivity contribution < 1.29 is 34.1 Å². The number of esters is 2. The van der Waals surface area contributed by atoms with E-state index in [9.17, 15) is 24.6 Å². The van der Waals surface area contributed by atoms with E-state index < -0.39 is 41.6 Å². The summed E-state index contributed by atoms with van der Waals surface area (Å²) in [6, 6.07) is 0. The van der Waals surface area contributed by atoms with Gasteiger partial charge in [0.15, 0.2) is 0 Å². The summed E-state index contributed by atoms with van der Waals surface area (Å²) in [5.41, 5.74) is 1.17. The molecule has 1 saturated heterocycles. The molecule has 6 atom stereocenters. The van der Waals surface area contributed by atoms with E-state index in [1.165, 1.54) is 11.3 Å². The Morgan fingerprint density at radius 1 is 1.24 bits per heavy atom. The van der Waals surface area contributed by atoms with Crippen molar-refractivity contribution >= 4 is 35.1 Å². The van der Waals surface area contributed by atoms with Crippen molar-refractivity contribution in [1.82, 2.24) is 4.98 Å². The fourth-order valence-electron chi connectivity index (χ4n) is 5.22. The minimum Gasteiger partial charge on any atom is -0.461 e. The topological polar surface area (TPSA) is 123 Å². The standard InChI is InChI=1S/C28H39NO7S/c1-16-7-6-8-20(14-30)9-10-22(17(2)11-21-15-37-19(4)29-21)35-24(31)12-23-28(5,13-25(32)36-23)27(34)18(3)26(16)33/h9,11,15-16,18,22-23,26,30,33H,6-8,10,12-14H2,1-5H3/b17-11+,20-9+/t16-,18+,22-,23-,26-,28+/m0/s1. The molecule has 0 spiro atoms. The molecular formula is C28H39NO7S. The van der Waals surface area contributed by atoms with Crippen LogP contribution < -0.4 is 0 Å². The van der Waals surface area contributed by atoms with Crippen LogP contribution in [0.2, 0.25) is 0 Å². The zero-order chi connectivity index (χ0) is 27.3. The quantitative estimate of drug-likeness (QED) is 0.438. The predicted molar refractivity (Wildman–Crippen MR) is 141 cm³/mol. The largest absolute Gasteiger partial charge is 0.461 e. The first-order valence-corrected chi connectivity index (χ1v) is 13.8. The van der Waals surface area contributed by atoms with Gasteiger partial charge in [-0.3, -0.25) is 14.4 Å². The van der Waals surface area contributed by atoms with Crippen LogP contribution in [0.15, 0.2) is 22.6 Å². The summed E-state index contributed by atoms with van der Waals surface area (Å²) in [7, 11) is 0. The highest BCUT2D eigenvalue weighted by atomic mass is 32.1. The number of aromatic nitrogens is 1. The highest BCUT2D eigenvalue weighted by Gasteiger charge is 2.53. The molecule has 3 heterocycles. The lowest BCUT2D eigenvalue weighted by molar-refractivity contribution is -0.155. The number of rotatable bonds is 3. The number of aliphatic hydroxyl groups excluding tert-OH is 2. The van der Waals surface area contributed by atoms with Gasteiger partial charge < -0.3 is 19.7 Å². The fraction of sp³-hybridized carbons (Fsp3) is 0.643. The maximum atomic E-state index is 13.5.